The van der Waals surface area contributed by atoms with E-state index in [1.54, 1.807) is 0 Å². The molecule has 0 spiro atoms. The van der Waals surface area contributed by atoms with Crippen molar-refractivity contribution >= 4 is 82.1 Å². The third kappa shape index (κ3) is 6.26. The minimum Gasteiger partial charge on any atom is -0.455 e. The highest BCUT2D eigenvalue weighted by Crippen LogP contribution is 2.48. The van der Waals surface area contributed by atoms with Crippen LogP contribution in [0.15, 0.2) is 253 Å². The van der Waals surface area contributed by atoms with Gasteiger partial charge in [0.1, 0.15) is 11.2 Å². The van der Waals surface area contributed by atoms with Gasteiger partial charge in [-0.05, 0) is 131 Å². The largest absolute Gasteiger partial charge is 0.455 e. The van der Waals surface area contributed by atoms with Gasteiger partial charge in [-0.2, -0.15) is 0 Å². The smallest absolute Gasteiger partial charge is 0.145 e. The number of hydrogen-bond donors (Lipinski definition) is 0. The molecule has 12 aromatic carbocycles. The highest BCUT2D eigenvalue weighted by atomic mass is 16.3. The molecular formula is C64H41NO. The molecule has 0 amide bonds. The third-order valence-electron chi connectivity index (χ3n) is 13.5. The normalized spacial score (nSPS) is 11.6. The van der Waals surface area contributed by atoms with Crippen LogP contribution in [0.2, 0.25) is 0 Å². The van der Waals surface area contributed by atoms with E-state index in [2.05, 4.69) is 254 Å². The van der Waals surface area contributed by atoms with Gasteiger partial charge in [-0.25, -0.2) is 0 Å². The number of fused-ring (bicyclic) bond motifs is 10. The average Bonchev–Trinajstić information content (AvgIpc) is 3.79. The van der Waals surface area contributed by atoms with Crippen LogP contribution in [0.4, 0.5) is 17.1 Å². The summed E-state index contributed by atoms with van der Waals surface area (Å²) in [6, 6.07) is 90.1. The second kappa shape index (κ2) is 15.5. The van der Waals surface area contributed by atoms with E-state index < -0.39 is 0 Å². The van der Waals surface area contributed by atoms with Crippen molar-refractivity contribution in [3.05, 3.63) is 249 Å². The first-order chi connectivity index (χ1) is 32.7. The predicted octanol–water partition coefficient (Wildman–Crippen LogP) is 18.3. The molecule has 13 rings (SSSR count). The first-order valence-corrected chi connectivity index (χ1v) is 22.7. The van der Waals surface area contributed by atoms with Crippen molar-refractivity contribution in [2.75, 3.05) is 4.90 Å². The van der Waals surface area contributed by atoms with E-state index in [9.17, 15) is 0 Å². The topological polar surface area (TPSA) is 16.4 Å². The molecule has 0 aliphatic carbocycles. The van der Waals surface area contributed by atoms with E-state index >= 15 is 0 Å². The quantitative estimate of drug-likeness (QED) is 0.149. The van der Waals surface area contributed by atoms with Crippen LogP contribution in [-0.2, 0) is 0 Å². The summed E-state index contributed by atoms with van der Waals surface area (Å²) in [6.45, 7) is 0. The standard InChI is InChI=1S/C64H41NO/c1-2-14-42(15-3-1)43-28-30-44(31-29-43)45-32-35-49(36-33-45)65(61-39-38-58(52-26-13-17-46-16-4-5-20-51(46)52)64-63(61)59-25-10-11-27-62(59)66-64)50-19-12-18-47(40-50)48-34-37-57-55-23-7-6-21-53(55)54-22-8-9-24-56(54)60(57)41-48/h1-41H. The Morgan fingerprint density at radius 3 is 1.48 bits per heavy atom. The van der Waals surface area contributed by atoms with Crippen molar-refractivity contribution in [2.45, 2.75) is 0 Å². The van der Waals surface area contributed by atoms with Gasteiger partial charge in [0.05, 0.1) is 11.1 Å². The second-order valence-electron chi connectivity index (χ2n) is 17.2. The second-order valence-corrected chi connectivity index (χ2v) is 17.2. The molecule has 0 saturated heterocycles. The molecule has 0 radical (unpaired) electrons. The van der Waals surface area contributed by atoms with E-state index in [-0.39, 0.29) is 0 Å². The molecule has 0 fully saturated rings. The molecule has 2 nitrogen and oxygen atoms in total. The zero-order valence-corrected chi connectivity index (χ0v) is 36.0. The Bertz CT molecular complexity index is 3940. The summed E-state index contributed by atoms with van der Waals surface area (Å²) in [5.74, 6) is 0. The van der Waals surface area contributed by atoms with Crippen LogP contribution < -0.4 is 4.90 Å². The fourth-order valence-electron chi connectivity index (χ4n) is 10.3. The first kappa shape index (κ1) is 37.8. The Labute approximate surface area is 382 Å². The van der Waals surface area contributed by atoms with Crippen LogP contribution in [-0.4, -0.2) is 0 Å². The van der Waals surface area contributed by atoms with Crippen molar-refractivity contribution in [3.63, 3.8) is 0 Å². The molecule has 13 aromatic rings. The first-order valence-electron chi connectivity index (χ1n) is 22.7. The molecule has 0 unspecified atom stereocenters. The van der Waals surface area contributed by atoms with Gasteiger partial charge in [-0.15, -0.1) is 0 Å². The number of nitrogens with zero attached hydrogens (tertiary/aromatic N) is 1. The van der Waals surface area contributed by atoms with Crippen molar-refractivity contribution < 1.29 is 4.42 Å². The molecule has 1 aromatic heterocycles. The fraction of sp³-hybridized carbons (Fsp3) is 0. The maximum Gasteiger partial charge on any atom is 0.145 e. The molecule has 0 N–H and O–H groups in total. The zero-order valence-electron chi connectivity index (χ0n) is 36.0. The molecule has 0 saturated carbocycles. The lowest BCUT2D eigenvalue weighted by Crippen LogP contribution is -2.10. The van der Waals surface area contributed by atoms with E-state index in [4.69, 9.17) is 4.42 Å². The van der Waals surface area contributed by atoms with Crippen LogP contribution >= 0.6 is 0 Å². The summed E-state index contributed by atoms with van der Waals surface area (Å²) < 4.78 is 6.94. The van der Waals surface area contributed by atoms with Crippen LogP contribution in [0.3, 0.4) is 0 Å². The number of benzene rings is 12. The SMILES string of the molecule is c1ccc(-c2ccc(-c3ccc(N(c4cccc(-c5ccc6c7ccccc7c7ccccc7c6c5)c4)c4ccc(-c5cccc6ccccc56)c5oc6ccccc6c45)cc3)cc2)cc1. The van der Waals surface area contributed by atoms with Gasteiger partial charge in [0, 0.05) is 22.3 Å². The fourth-order valence-corrected chi connectivity index (χ4v) is 10.3. The van der Waals surface area contributed by atoms with Gasteiger partial charge in [0.15, 0.2) is 0 Å². The summed E-state index contributed by atoms with van der Waals surface area (Å²) in [7, 11) is 0. The summed E-state index contributed by atoms with van der Waals surface area (Å²) in [6.07, 6.45) is 0. The number of furan rings is 1. The van der Waals surface area contributed by atoms with E-state index in [0.29, 0.717) is 0 Å². The molecule has 2 heteroatoms. The number of anilines is 3. The molecule has 0 bridgehead atoms. The van der Waals surface area contributed by atoms with Crippen molar-refractivity contribution in [1.29, 1.82) is 0 Å². The van der Waals surface area contributed by atoms with Gasteiger partial charge >= 0.3 is 0 Å². The summed E-state index contributed by atoms with van der Waals surface area (Å²) in [5, 5.41) is 12.2. The van der Waals surface area contributed by atoms with Crippen LogP contribution in [0.25, 0.3) is 110 Å². The Morgan fingerprint density at radius 2 is 0.773 bits per heavy atom. The van der Waals surface area contributed by atoms with Gasteiger partial charge in [0.25, 0.3) is 0 Å². The van der Waals surface area contributed by atoms with E-state index in [1.807, 2.05) is 0 Å². The van der Waals surface area contributed by atoms with Gasteiger partial charge < -0.3 is 9.32 Å². The molecule has 308 valence electrons. The molecule has 1 heterocycles. The number of rotatable bonds is 7. The van der Waals surface area contributed by atoms with Crippen LogP contribution in [0, 0.1) is 0 Å². The zero-order chi connectivity index (χ0) is 43.6. The maximum atomic E-state index is 6.94. The predicted molar refractivity (Wildman–Crippen MR) is 280 cm³/mol. The number of hydrogen-bond acceptors (Lipinski definition) is 2. The van der Waals surface area contributed by atoms with Crippen LogP contribution in [0.1, 0.15) is 0 Å². The van der Waals surface area contributed by atoms with E-state index in [1.165, 1.54) is 65.3 Å². The van der Waals surface area contributed by atoms with Gasteiger partial charge in [0.2, 0.25) is 0 Å². The Hall–Kier alpha value is -8.72. The van der Waals surface area contributed by atoms with Crippen molar-refractivity contribution in [1.82, 2.24) is 0 Å². The average molecular weight is 840 g/mol. The highest BCUT2D eigenvalue weighted by Gasteiger charge is 2.23. The Balaban J connectivity index is 0.999. The molecule has 0 aliphatic rings. The molecule has 0 aliphatic heterocycles. The minimum atomic E-state index is 0.861. The summed E-state index contributed by atoms with van der Waals surface area (Å²) in [5.41, 5.74) is 14.2. The minimum absolute atomic E-state index is 0.861. The lowest BCUT2D eigenvalue weighted by atomic mass is 9.92. The van der Waals surface area contributed by atoms with Crippen molar-refractivity contribution in [3.8, 4) is 44.5 Å². The Morgan fingerprint density at radius 1 is 0.273 bits per heavy atom. The van der Waals surface area contributed by atoms with Crippen molar-refractivity contribution in [2.24, 2.45) is 0 Å². The molecule has 0 atom stereocenters. The summed E-state index contributed by atoms with van der Waals surface area (Å²) in [4.78, 5) is 2.41. The van der Waals surface area contributed by atoms with E-state index in [0.717, 1.165) is 61.3 Å². The number of para-hydroxylation sites is 1. The van der Waals surface area contributed by atoms with Crippen LogP contribution in [0.5, 0.6) is 0 Å². The summed E-state index contributed by atoms with van der Waals surface area (Å²) >= 11 is 0. The monoisotopic (exact) mass is 839 g/mol. The molecular weight excluding hydrogens is 799 g/mol. The van der Waals surface area contributed by atoms with Gasteiger partial charge in [-0.1, -0.05) is 200 Å². The maximum absolute atomic E-state index is 6.94. The lowest BCUT2D eigenvalue weighted by molar-refractivity contribution is 0.670. The highest BCUT2D eigenvalue weighted by molar-refractivity contribution is 6.26. The Kier molecular flexibility index (Phi) is 8.89. The molecule has 66 heavy (non-hydrogen) atoms. The van der Waals surface area contributed by atoms with Gasteiger partial charge in [-0.3, -0.25) is 0 Å². The lowest BCUT2D eigenvalue weighted by Gasteiger charge is -2.27. The third-order valence-corrected chi connectivity index (χ3v) is 13.5.